The van der Waals surface area contributed by atoms with Crippen LogP contribution in [0.1, 0.15) is 21.5 Å². The average Bonchev–Trinajstić information content (AvgIpc) is 2.95. The van der Waals surface area contributed by atoms with Crippen LogP contribution in [0.15, 0.2) is 35.1 Å². The van der Waals surface area contributed by atoms with Gasteiger partial charge in [0.1, 0.15) is 0 Å². The summed E-state index contributed by atoms with van der Waals surface area (Å²) in [7, 11) is 2.09. The third kappa shape index (κ3) is 3.06. The smallest absolute Gasteiger partial charge is 0.322 e. The molecule has 0 saturated carbocycles. The molecule has 0 spiro atoms. The highest BCUT2D eigenvalue weighted by atomic mass is 35.5. The van der Waals surface area contributed by atoms with E-state index in [4.69, 9.17) is 11.6 Å². The number of anilines is 1. The Labute approximate surface area is 148 Å². The van der Waals surface area contributed by atoms with Crippen LogP contribution in [0.4, 0.5) is 5.69 Å². The Morgan fingerprint density at radius 1 is 1.20 bits per heavy atom. The van der Waals surface area contributed by atoms with Gasteiger partial charge in [0.15, 0.2) is 0 Å². The summed E-state index contributed by atoms with van der Waals surface area (Å²) in [6.45, 7) is 1.92. The number of nitrogens with zero attached hydrogens (tertiary/aromatic N) is 1. The summed E-state index contributed by atoms with van der Waals surface area (Å²) >= 11 is 6.16. The molecule has 7 heteroatoms. The van der Waals surface area contributed by atoms with Crippen LogP contribution in [0, 0.1) is 0 Å². The molecule has 0 radical (unpaired) electrons. The van der Waals surface area contributed by atoms with E-state index >= 15 is 0 Å². The van der Waals surface area contributed by atoms with E-state index < -0.39 is 0 Å². The number of rotatable bonds is 2. The van der Waals surface area contributed by atoms with Crippen LogP contribution >= 0.6 is 11.6 Å². The van der Waals surface area contributed by atoms with Crippen molar-refractivity contribution in [2.24, 2.45) is 0 Å². The fraction of sp³-hybridized carbons (Fsp3) is 0.222. The van der Waals surface area contributed by atoms with Gasteiger partial charge in [-0.05, 0) is 48.9 Å². The lowest BCUT2D eigenvalue weighted by molar-refractivity contribution is 0.102. The maximum atomic E-state index is 12.6. The number of likely N-dealkylation sites (N-methyl/N-ethyl adjacent to an activating group) is 1. The number of halogens is 1. The van der Waals surface area contributed by atoms with Gasteiger partial charge < -0.3 is 20.2 Å². The second-order valence-electron chi connectivity index (χ2n) is 6.39. The first-order chi connectivity index (χ1) is 12.0. The van der Waals surface area contributed by atoms with Gasteiger partial charge in [-0.3, -0.25) is 4.79 Å². The molecule has 0 fully saturated rings. The quantitative estimate of drug-likeness (QED) is 0.660. The SMILES string of the molecule is CN1CCc2ccc(NC(=O)c3cc(Cl)c4[nH]c(=O)[nH]c4c3)cc2C1. The molecule has 1 amide bonds. The molecule has 1 aliphatic heterocycles. The highest BCUT2D eigenvalue weighted by Crippen LogP contribution is 2.24. The topological polar surface area (TPSA) is 81.0 Å². The van der Waals surface area contributed by atoms with Crippen molar-refractivity contribution in [2.75, 3.05) is 18.9 Å². The zero-order chi connectivity index (χ0) is 17.6. The highest BCUT2D eigenvalue weighted by Gasteiger charge is 2.15. The molecule has 128 valence electrons. The van der Waals surface area contributed by atoms with Crippen LogP contribution in [-0.4, -0.2) is 34.4 Å². The van der Waals surface area contributed by atoms with E-state index in [9.17, 15) is 9.59 Å². The zero-order valence-corrected chi connectivity index (χ0v) is 14.4. The molecule has 0 bridgehead atoms. The molecule has 2 aromatic carbocycles. The van der Waals surface area contributed by atoms with Crippen molar-refractivity contribution in [1.29, 1.82) is 0 Å². The normalized spacial score (nSPS) is 14.5. The van der Waals surface area contributed by atoms with Gasteiger partial charge in [0.25, 0.3) is 5.91 Å². The van der Waals surface area contributed by atoms with Crippen molar-refractivity contribution in [3.05, 3.63) is 62.5 Å². The molecule has 0 aliphatic carbocycles. The maximum absolute atomic E-state index is 12.6. The minimum Gasteiger partial charge on any atom is -0.322 e. The molecular weight excluding hydrogens is 340 g/mol. The number of carbonyl (C=O) groups excluding carboxylic acids is 1. The molecule has 1 aliphatic rings. The molecule has 0 atom stereocenters. The van der Waals surface area contributed by atoms with Crippen LogP contribution in [0.3, 0.4) is 0 Å². The van der Waals surface area contributed by atoms with Gasteiger partial charge in [0.2, 0.25) is 0 Å². The summed E-state index contributed by atoms with van der Waals surface area (Å²) in [6.07, 6.45) is 1.02. The summed E-state index contributed by atoms with van der Waals surface area (Å²) in [4.78, 5) is 31.4. The molecular formula is C18H17ClN4O2. The van der Waals surface area contributed by atoms with E-state index in [-0.39, 0.29) is 11.6 Å². The van der Waals surface area contributed by atoms with Crippen molar-refractivity contribution < 1.29 is 4.79 Å². The summed E-state index contributed by atoms with van der Waals surface area (Å²) in [5.41, 5.74) is 4.35. The fourth-order valence-corrected chi connectivity index (χ4v) is 3.48. The van der Waals surface area contributed by atoms with Crippen molar-refractivity contribution in [2.45, 2.75) is 13.0 Å². The van der Waals surface area contributed by atoms with Crippen molar-refractivity contribution in [3.63, 3.8) is 0 Å². The number of aromatic amines is 2. The lowest BCUT2D eigenvalue weighted by atomic mass is 9.99. The summed E-state index contributed by atoms with van der Waals surface area (Å²) in [6, 6.07) is 9.16. The fourth-order valence-electron chi connectivity index (χ4n) is 3.21. The van der Waals surface area contributed by atoms with Crippen LogP contribution in [0.2, 0.25) is 5.02 Å². The van der Waals surface area contributed by atoms with Crippen LogP contribution in [0.5, 0.6) is 0 Å². The number of hydrogen-bond donors (Lipinski definition) is 3. The Morgan fingerprint density at radius 2 is 2.04 bits per heavy atom. The first-order valence-corrected chi connectivity index (χ1v) is 8.40. The van der Waals surface area contributed by atoms with Crippen LogP contribution < -0.4 is 11.0 Å². The first-order valence-electron chi connectivity index (χ1n) is 8.03. The molecule has 1 aromatic heterocycles. The molecule has 6 nitrogen and oxygen atoms in total. The largest absolute Gasteiger partial charge is 0.323 e. The minimum atomic E-state index is -0.353. The number of carbonyl (C=O) groups is 1. The number of imidazole rings is 1. The number of H-pyrrole nitrogens is 2. The Bertz CT molecular complexity index is 1040. The van der Waals surface area contributed by atoms with Crippen molar-refractivity contribution in [1.82, 2.24) is 14.9 Å². The van der Waals surface area contributed by atoms with Gasteiger partial charge in [-0.2, -0.15) is 0 Å². The Kier molecular flexibility index (Phi) is 3.86. The number of hydrogen-bond acceptors (Lipinski definition) is 3. The molecule has 0 saturated heterocycles. The predicted molar refractivity (Wildman–Crippen MR) is 98.4 cm³/mol. The second-order valence-corrected chi connectivity index (χ2v) is 6.79. The summed E-state index contributed by atoms with van der Waals surface area (Å²) in [5, 5.41) is 3.23. The number of benzene rings is 2. The molecule has 25 heavy (non-hydrogen) atoms. The van der Waals surface area contributed by atoms with Gasteiger partial charge in [-0.25, -0.2) is 4.79 Å². The van der Waals surface area contributed by atoms with E-state index in [0.717, 1.165) is 25.2 Å². The number of fused-ring (bicyclic) bond motifs is 2. The summed E-state index contributed by atoms with van der Waals surface area (Å²) in [5.74, 6) is -0.269. The first kappa shape index (κ1) is 15.9. The van der Waals surface area contributed by atoms with Gasteiger partial charge in [-0.1, -0.05) is 17.7 Å². The lowest BCUT2D eigenvalue weighted by Crippen LogP contribution is -2.26. The van der Waals surface area contributed by atoms with E-state index in [2.05, 4.69) is 33.3 Å². The average molecular weight is 357 g/mol. The van der Waals surface area contributed by atoms with E-state index in [1.54, 1.807) is 12.1 Å². The Hall–Kier alpha value is -2.57. The van der Waals surface area contributed by atoms with E-state index in [1.807, 2.05) is 12.1 Å². The second kappa shape index (κ2) is 6.06. The Balaban J connectivity index is 1.62. The molecule has 2 heterocycles. The minimum absolute atomic E-state index is 0.269. The number of nitrogens with one attached hydrogen (secondary N) is 3. The van der Waals surface area contributed by atoms with Gasteiger partial charge in [0, 0.05) is 24.3 Å². The van der Waals surface area contributed by atoms with Gasteiger partial charge in [0.05, 0.1) is 16.1 Å². The lowest BCUT2D eigenvalue weighted by Gasteiger charge is -2.25. The zero-order valence-electron chi connectivity index (χ0n) is 13.6. The van der Waals surface area contributed by atoms with Crippen molar-refractivity contribution >= 4 is 34.2 Å². The monoisotopic (exact) mass is 356 g/mol. The molecule has 3 N–H and O–H groups in total. The molecule has 0 unspecified atom stereocenters. The molecule has 3 aromatic rings. The maximum Gasteiger partial charge on any atom is 0.323 e. The number of aromatic nitrogens is 2. The highest BCUT2D eigenvalue weighted by molar-refractivity contribution is 6.35. The Morgan fingerprint density at radius 3 is 2.88 bits per heavy atom. The summed E-state index contributed by atoms with van der Waals surface area (Å²) < 4.78 is 0. The number of amides is 1. The van der Waals surface area contributed by atoms with Gasteiger partial charge >= 0.3 is 5.69 Å². The van der Waals surface area contributed by atoms with Gasteiger partial charge in [-0.15, -0.1) is 0 Å². The van der Waals surface area contributed by atoms with Crippen molar-refractivity contribution in [3.8, 4) is 0 Å². The van der Waals surface area contributed by atoms with Crippen LogP contribution in [0.25, 0.3) is 11.0 Å². The van der Waals surface area contributed by atoms with Crippen LogP contribution in [-0.2, 0) is 13.0 Å². The third-order valence-corrected chi connectivity index (χ3v) is 4.80. The van der Waals surface area contributed by atoms with E-state index in [1.165, 1.54) is 11.1 Å². The third-order valence-electron chi connectivity index (χ3n) is 4.51. The molecule has 4 rings (SSSR count). The standard InChI is InChI=1S/C18H17ClN4O2/c1-23-5-4-10-2-3-13(6-12(10)9-23)20-17(24)11-7-14(19)16-15(8-11)21-18(25)22-16/h2-3,6-8H,4-5,9H2,1H3,(H,20,24)(H2,21,22,25). The predicted octanol–water partition coefficient (Wildman–Crippen LogP) is 2.75. The van der Waals surface area contributed by atoms with E-state index in [0.29, 0.717) is 21.6 Å².